The third-order valence-corrected chi connectivity index (χ3v) is 4.19. The number of methoxy groups -OCH3 is 4. The van der Waals surface area contributed by atoms with Gasteiger partial charge >= 0.3 is 11.9 Å². The van der Waals surface area contributed by atoms with Crippen LogP contribution < -0.4 is 18.9 Å². The molecule has 158 valence electrons. The Morgan fingerprint density at radius 2 is 0.967 bits per heavy atom. The van der Waals surface area contributed by atoms with Gasteiger partial charge in [0.1, 0.15) is 0 Å². The molecule has 2 rings (SSSR count). The number of aliphatic carboxylic acids is 2. The zero-order valence-electron chi connectivity index (χ0n) is 17.0. The van der Waals surface area contributed by atoms with E-state index in [4.69, 9.17) is 18.9 Å². The summed E-state index contributed by atoms with van der Waals surface area (Å²) in [6.07, 6.45) is 2.51. The van der Waals surface area contributed by atoms with Gasteiger partial charge in [-0.15, -0.1) is 0 Å². The van der Waals surface area contributed by atoms with Crippen molar-refractivity contribution in [1.82, 2.24) is 0 Å². The molecular weight excluding hydrogens is 392 g/mol. The summed E-state index contributed by atoms with van der Waals surface area (Å²) < 4.78 is 20.7. The summed E-state index contributed by atoms with van der Waals surface area (Å²) >= 11 is 0. The van der Waals surface area contributed by atoms with E-state index in [9.17, 15) is 19.8 Å². The quantitative estimate of drug-likeness (QED) is 0.475. The number of carboxylic acids is 2. The van der Waals surface area contributed by atoms with Crippen LogP contribution in [-0.4, -0.2) is 50.6 Å². The number of hydrogen-bond donors (Lipinski definition) is 2. The SMILES string of the molecule is COc1ccc(/C=C(C(=O)O)/C(=C\c2ccc(OC)c(OC)c2)C(=O)O)cc1OC. The maximum Gasteiger partial charge on any atom is 0.336 e. The third kappa shape index (κ3) is 5.11. The first-order valence-electron chi connectivity index (χ1n) is 8.69. The van der Waals surface area contributed by atoms with Gasteiger partial charge in [-0.2, -0.15) is 0 Å². The maximum atomic E-state index is 11.9. The summed E-state index contributed by atoms with van der Waals surface area (Å²) in [5.74, 6) is -1.08. The second-order valence-corrected chi connectivity index (χ2v) is 5.96. The minimum absolute atomic E-state index is 0.386. The third-order valence-electron chi connectivity index (χ3n) is 4.19. The maximum absolute atomic E-state index is 11.9. The lowest BCUT2D eigenvalue weighted by molar-refractivity contribution is -0.136. The first-order valence-corrected chi connectivity index (χ1v) is 8.69. The Balaban J connectivity index is 2.59. The van der Waals surface area contributed by atoms with Gasteiger partial charge in [-0.3, -0.25) is 0 Å². The Labute approximate surface area is 173 Å². The molecule has 0 atom stereocenters. The summed E-state index contributed by atoms with van der Waals surface area (Å²) in [7, 11) is 5.85. The van der Waals surface area contributed by atoms with Gasteiger partial charge in [0.2, 0.25) is 0 Å². The van der Waals surface area contributed by atoms with Gasteiger partial charge in [-0.1, -0.05) is 12.1 Å². The average molecular weight is 414 g/mol. The van der Waals surface area contributed by atoms with Gasteiger partial charge in [0.05, 0.1) is 39.6 Å². The molecule has 0 spiro atoms. The van der Waals surface area contributed by atoms with E-state index in [0.29, 0.717) is 34.1 Å². The van der Waals surface area contributed by atoms with E-state index in [1.54, 1.807) is 36.4 Å². The molecule has 2 aromatic rings. The van der Waals surface area contributed by atoms with Crippen molar-refractivity contribution in [2.45, 2.75) is 0 Å². The normalized spacial score (nSPS) is 11.6. The molecule has 0 fully saturated rings. The van der Waals surface area contributed by atoms with Crippen LogP contribution in [0.2, 0.25) is 0 Å². The van der Waals surface area contributed by atoms with Gasteiger partial charge < -0.3 is 29.2 Å². The molecule has 0 aliphatic carbocycles. The van der Waals surface area contributed by atoms with Crippen LogP contribution in [0.15, 0.2) is 47.5 Å². The molecule has 0 bridgehead atoms. The number of rotatable bonds is 9. The Morgan fingerprint density at radius 3 is 1.23 bits per heavy atom. The smallest absolute Gasteiger partial charge is 0.336 e. The van der Waals surface area contributed by atoms with E-state index in [1.165, 1.54) is 40.6 Å². The van der Waals surface area contributed by atoms with Crippen molar-refractivity contribution in [3.05, 3.63) is 58.7 Å². The summed E-state index contributed by atoms with van der Waals surface area (Å²) in [6, 6.07) is 9.50. The molecule has 2 N–H and O–H groups in total. The number of carboxylic acid groups (broad SMARTS) is 2. The summed E-state index contributed by atoms with van der Waals surface area (Å²) in [6.45, 7) is 0. The second-order valence-electron chi connectivity index (χ2n) is 5.96. The molecule has 30 heavy (non-hydrogen) atoms. The Kier molecular flexibility index (Phi) is 7.46. The summed E-state index contributed by atoms with van der Waals surface area (Å²) in [4.78, 5) is 23.7. The van der Waals surface area contributed by atoms with Gasteiger partial charge in [-0.25, -0.2) is 9.59 Å². The molecular formula is C22H22O8. The van der Waals surface area contributed by atoms with E-state index in [2.05, 4.69) is 0 Å². The van der Waals surface area contributed by atoms with Crippen LogP contribution in [-0.2, 0) is 9.59 Å². The van der Waals surface area contributed by atoms with Crippen molar-refractivity contribution < 1.29 is 38.7 Å². The molecule has 0 aromatic heterocycles. The topological polar surface area (TPSA) is 112 Å². The highest BCUT2D eigenvalue weighted by Crippen LogP contribution is 2.31. The van der Waals surface area contributed by atoms with Gasteiger partial charge in [0, 0.05) is 0 Å². The highest BCUT2D eigenvalue weighted by Gasteiger charge is 2.21. The predicted octanol–water partition coefficient (Wildman–Crippen LogP) is 3.36. The first-order chi connectivity index (χ1) is 14.3. The molecule has 0 saturated heterocycles. The number of carbonyl (C=O) groups is 2. The van der Waals surface area contributed by atoms with Gasteiger partial charge in [0.25, 0.3) is 0 Å². The molecule has 8 nitrogen and oxygen atoms in total. The summed E-state index contributed by atoms with van der Waals surface area (Å²) in [5.41, 5.74) is 0.0723. The van der Waals surface area contributed by atoms with Crippen LogP contribution in [0.25, 0.3) is 12.2 Å². The van der Waals surface area contributed by atoms with Crippen LogP contribution in [0, 0.1) is 0 Å². The first kappa shape index (κ1) is 22.4. The van der Waals surface area contributed by atoms with Crippen LogP contribution in [0.3, 0.4) is 0 Å². The standard InChI is InChI=1S/C22H22O8/c1-27-17-7-5-13(11-19(17)29-3)9-15(21(23)24)16(22(25)26)10-14-6-8-18(28-2)20(12-14)30-4/h5-12H,1-4H3,(H,23,24)(H,25,26)/b15-9-,16-10+. The second kappa shape index (κ2) is 10.0. The van der Waals surface area contributed by atoms with Crippen LogP contribution in [0.4, 0.5) is 0 Å². The molecule has 0 radical (unpaired) electrons. The van der Waals surface area contributed by atoms with E-state index in [-0.39, 0.29) is 0 Å². The molecule has 2 aromatic carbocycles. The van der Waals surface area contributed by atoms with Crippen molar-refractivity contribution in [3.63, 3.8) is 0 Å². The number of ether oxygens (including phenoxy) is 4. The van der Waals surface area contributed by atoms with Crippen molar-refractivity contribution in [2.75, 3.05) is 28.4 Å². The Hall–Kier alpha value is -3.94. The number of hydrogen-bond acceptors (Lipinski definition) is 6. The fourth-order valence-corrected chi connectivity index (χ4v) is 2.73. The molecule has 0 amide bonds. The Morgan fingerprint density at radius 1 is 0.633 bits per heavy atom. The molecule has 0 heterocycles. The van der Waals surface area contributed by atoms with Crippen molar-refractivity contribution >= 4 is 24.1 Å². The molecule has 0 unspecified atom stereocenters. The Bertz CT molecular complexity index is 923. The van der Waals surface area contributed by atoms with E-state index >= 15 is 0 Å². The molecule has 0 saturated carbocycles. The molecule has 0 aliphatic rings. The molecule has 8 heteroatoms. The largest absolute Gasteiger partial charge is 0.493 e. The van der Waals surface area contributed by atoms with Crippen LogP contribution in [0.5, 0.6) is 23.0 Å². The van der Waals surface area contributed by atoms with Crippen LogP contribution >= 0.6 is 0 Å². The van der Waals surface area contributed by atoms with E-state index in [0.717, 1.165) is 0 Å². The van der Waals surface area contributed by atoms with Crippen molar-refractivity contribution in [3.8, 4) is 23.0 Å². The lowest BCUT2D eigenvalue weighted by Gasteiger charge is -2.10. The predicted molar refractivity (Wildman–Crippen MR) is 110 cm³/mol. The fraction of sp³-hybridized carbons (Fsp3) is 0.182. The lowest BCUT2D eigenvalue weighted by atomic mass is 10.00. The zero-order chi connectivity index (χ0) is 22.3. The van der Waals surface area contributed by atoms with Gasteiger partial charge in [-0.05, 0) is 47.5 Å². The zero-order valence-corrected chi connectivity index (χ0v) is 17.0. The minimum Gasteiger partial charge on any atom is -0.493 e. The minimum atomic E-state index is -1.39. The van der Waals surface area contributed by atoms with Gasteiger partial charge in [0.15, 0.2) is 23.0 Å². The van der Waals surface area contributed by atoms with Crippen molar-refractivity contribution in [2.24, 2.45) is 0 Å². The summed E-state index contributed by atoms with van der Waals surface area (Å²) in [5, 5.41) is 19.3. The van der Waals surface area contributed by atoms with Crippen LogP contribution in [0.1, 0.15) is 11.1 Å². The lowest BCUT2D eigenvalue weighted by Crippen LogP contribution is -2.11. The van der Waals surface area contributed by atoms with E-state index in [1.807, 2.05) is 0 Å². The van der Waals surface area contributed by atoms with Crippen molar-refractivity contribution in [1.29, 1.82) is 0 Å². The average Bonchev–Trinajstić information content (AvgIpc) is 2.75. The number of benzene rings is 2. The molecule has 0 aliphatic heterocycles. The highest BCUT2D eigenvalue weighted by atomic mass is 16.5. The monoisotopic (exact) mass is 414 g/mol. The highest BCUT2D eigenvalue weighted by molar-refractivity contribution is 6.11. The van der Waals surface area contributed by atoms with E-state index < -0.39 is 23.1 Å². The fourth-order valence-electron chi connectivity index (χ4n) is 2.73.